The number of carboxylic acid groups (broad SMARTS) is 3. The molecule has 0 fully saturated rings. The van der Waals surface area contributed by atoms with Crippen molar-refractivity contribution in [1.29, 1.82) is 0 Å². The minimum absolute atomic E-state index is 0.0142. The number of hydrogen-bond donors (Lipinski definition) is 5. The molecule has 0 bridgehead atoms. The van der Waals surface area contributed by atoms with Crippen LogP contribution in [0.1, 0.15) is 55.2 Å². The fraction of sp³-hybridized carbons (Fsp3) is 0.342. The second-order valence-corrected chi connectivity index (χ2v) is 11.9. The van der Waals surface area contributed by atoms with Gasteiger partial charge in [0.25, 0.3) is 0 Å². The summed E-state index contributed by atoms with van der Waals surface area (Å²) in [5.74, 6) is -5.93. The Hall–Kier alpha value is -5.65. The average Bonchev–Trinajstić information content (AvgIpc) is 3.19. The third-order valence-corrected chi connectivity index (χ3v) is 7.34. The summed E-state index contributed by atoms with van der Waals surface area (Å²) in [5, 5.41) is 34.7. The number of carbonyl (C=O) groups is 7. The Balaban J connectivity index is 0.000000416. The number of benzene rings is 3. The highest BCUT2D eigenvalue weighted by Gasteiger charge is 2.23. The zero-order chi connectivity index (χ0) is 41.0. The van der Waals surface area contributed by atoms with Crippen LogP contribution in [-0.2, 0) is 72.3 Å². The molecule has 0 aliphatic carbocycles. The lowest BCUT2D eigenvalue weighted by molar-refractivity contribution is -0.163. The Kier molecular flexibility index (Phi) is 24.0. The molecule has 0 saturated carbocycles. The highest BCUT2D eigenvalue weighted by atomic mass is 79.9. The van der Waals surface area contributed by atoms with Gasteiger partial charge in [0.1, 0.15) is 31.2 Å². The summed E-state index contributed by atoms with van der Waals surface area (Å²) in [6.07, 6.45) is -3.27. The normalized spacial score (nSPS) is 11.7. The number of alkyl halides is 1. The lowest BCUT2D eigenvalue weighted by Crippen LogP contribution is -2.30. The van der Waals surface area contributed by atoms with Crippen molar-refractivity contribution in [3.8, 4) is 0 Å². The number of aliphatic hydroxyl groups excluding tert-OH is 1. The second-order valence-electron chi connectivity index (χ2n) is 11.3. The lowest BCUT2D eigenvalue weighted by atomic mass is 10.2. The second kappa shape index (κ2) is 27.9. The molecule has 0 saturated heterocycles. The van der Waals surface area contributed by atoms with E-state index >= 15 is 0 Å². The number of carbonyl (C=O) groups excluding carboxylic acids is 4. The summed E-state index contributed by atoms with van der Waals surface area (Å²) in [6, 6.07) is 26.5. The smallest absolute Gasteiger partial charge is 0.345 e. The fourth-order valence-corrected chi connectivity index (χ4v) is 4.01. The third kappa shape index (κ3) is 23.6. The molecule has 6 N–H and O–H groups in total. The molecule has 3 unspecified atom stereocenters. The van der Waals surface area contributed by atoms with Crippen molar-refractivity contribution < 1.29 is 72.9 Å². The number of aliphatic carboxylic acids is 3. The first-order valence-electron chi connectivity index (χ1n) is 16.7. The Labute approximate surface area is 325 Å². The number of esters is 4. The standard InChI is InChI=1S/C14H15BrO6.C12H15NO4.C12H14O5/c15-8-13(17)21-11(14(18)19)6-7-12(16)20-9-10-4-2-1-3-5-10;2*13-10(12(15)16)6-7-11(14)17-8-9-4-2-1-3-5-9/h1-5,11H,6-9H2,(H,18,19);1-5,10H,6-8,13H2,(H,15,16);1-5,10,13H,6-8H2,(H,15,16). The van der Waals surface area contributed by atoms with Gasteiger partial charge in [0.05, 0.1) is 0 Å². The van der Waals surface area contributed by atoms with Crippen LogP contribution in [0.3, 0.4) is 0 Å². The maximum Gasteiger partial charge on any atom is 0.345 e. The summed E-state index contributed by atoms with van der Waals surface area (Å²) in [6.45, 7) is 0.476. The van der Waals surface area contributed by atoms with Crippen LogP contribution in [0.25, 0.3) is 0 Å². The van der Waals surface area contributed by atoms with E-state index in [9.17, 15) is 33.6 Å². The van der Waals surface area contributed by atoms with Gasteiger partial charge in [-0.15, -0.1) is 0 Å². The first-order chi connectivity index (χ1) is 26.2. The Bertz CT molecular complexity index is 1550. The number of hydrogen-bond acceptors (Lipinski definition) is 13. The van der Waals surface area contributed by atoms with Gasteiger partial charge >= 0.3 is 41.8 Å². The number of halogens is 1. The van der Waals surface area contributed by atoms with Crippen molar-refractivity contribution in [2.24, 2.45) is 5.73 Å². The van der Waals surface area contributed by atoms with Gasteiger partial charge in [-0.25, -0.2) is 9.59 Å². The SMILES string of the molecule is NC(CCC(=O)OCc1ccccc1)C(=O)O.O=C(CCC(O)C(=O)O)OCc1ccccc1.O=C(CCC(OC(=O)CBr)C(=O)O)OCc1ccccc1. The van der Waals surface area contributed by atoms with Crippen LogP contribution >= 0.6 is 15.9 Å². The molecule has 0 heterocycles. The van der Waals surface area contributed by atoms with Gasteiger partial charge in [-0.3, -0.25) is 24.0 Å². The number of rotatable bonds is 20. The minimum Gasteiger partial charge on any atom is -0.480 e. The van der Waals surface area contributed by atoms with E-state index in [4.69, 9.17) is 40.4 Å². The van der Waals surface area contributed by atoms with Crippen molar-refractivity contribution in [2.45, 2.75) is 76.6 Å². The third-order valence-electron chi connectivity index (χ3n) is 6.88. The number of carboxylic acids is 3. The Morgan fingerprint density at radius 3 is 1.22 bits per heavy atom. The van der Waals surface area contributed by atoms with E-state index in [0.717, 1.165) is 16.7 Å². The molecule has 3 aromatic rings. The van der Waals surface area contributed by atoms with Crippen LogP contribution in [0, 0.1) is 0 Å². The molecule has 17 heteroatoms. The van der Waals surface area contributed by atoms with Gasteiger partial charge in [-0.1, -0.05) is 107 Å². The molecule has 298 valence electrons. The summed E-state index contributed by atoms with van der Waals surface area (Å²) < 4.78 is 19.6. The van der Waals surface area contributed by atoms with E-state index in [2.05, 4.69) is 20.7 Å². The van der Waals surface area contributed by atoms with E-state index < -0.39 is 60.0 Å². The van der Waals surface area contributed by atoms with Gasteiger partial charge in [-0.05, 0) is 29.5 Å². The quantitative estimate of drug-likeness (QED) is 0.0616. The highest BCUT2D eigenvalue weighted by molar-refractivity contribution is 9.09. The van der Waals surface area contributed by atoms with E-state index in [1.54, 1.807) is 0 Å². The number of aliphatic hydroxyl groups is 1. The van der Waals surface area contributed by atoms with Gasteiger partial charge in [0, 0.05) is 25.7 Å². The minimum atomic E-state index is -1.51. The molecule has 0 aliphatic heterocycles. The summed E-state index contributed by atoms with van der Waals surface area (Å²) in [5.41, 5.74) is 7.86. The first kappa shape index (κ1) is 47.4. The van der Waals surface area contributed by atoms with Crippen LogP contribution < -0.4 is 5.73 Å². The fourth-order valence-electron chi connectivity index (χ4n) is 3.88. The maximum absolute atomic E-state index is 11.5. The molecule has 3 rings (SSSR count). The molecule has 0 spiro atoms. The zero-order valence-electron chi connectivity index (χ0n) is 29.7. The van der Waals surface area contributed by atoms with Crippen LogP contribution in [0.15, 0.2) is 91.0 Å². The van der Waals surface area contributed by atoms with Crippen molar-refractivity contribution in [3.63, 3.8) is 0 Å². The van der Waals surface area contributed by atoms with E-state index in [0.29, 0.717) is 0 Å². The van der Waals surface area contributed by atoms with Crippen LogP contribution in [0.5, 0.6) is 0 Å². The van der Waals surface area contributed by atoms with Crippen LogP contribution in [-0.4, -0.2) is 85.8 Å². The summed E-state index contributed by atoms with van der Waals surface area (Å²) in [4.78, 5) is 76.7. The largest absolute Gasteiger partial charge is 0.480 e. The van der Waals surface area contributed by atoms with E-state index in [-0.39, 0.29) is 63.7 Å². The summed E-state index contributed by atoms with van der Waals surface area (Å²) >= 11 is 2.86. The zero-order valence-corrected chi connectivity index (χ0v) is 31.3. The van der Waals surface area contributed by atoms with Crippen molar-refractivity contribution in [3.05, 3.63) is 108 Å². The Morgan fingerprint density at radius 2 is 0.891 bits per heavy atom. The maximum atomic E-state index is 11.5. The van der Waals surface area contributed by atoms with Crippen LogP contribution in [0.2, 0.25) is 0 Å². The molecule has 55 heavy (non-hydrogen) atoms. The average molecular weight is 835 g/mol. The molecular weight excluding hydrogens is 790 g/mol. The first-order valence-corrected chi connectivity index (χ1v) is 17.8. The molecule has 0 radical (unpaired) electrons. The molecule has 0 aliphatic rings. The lowest BCUT2D eigenvalue weighted by Gasteiger charge is -2.12. The van der Waals surface area contributed by atoms with Gasteiger partial charge < -0.3 is 45.1 Å². The predicted molar refractivity (Wildman–Crippen MR) is 197 cm³/mol. The van der Waals surface area contributed by atoms with E-state index in [1.165, 1.54) is 0 Å². The molecule has 3 atom stereocenters. The van der Waals surface area contributed by atoms with Gasteiger partial charge in [-0.2, -0.15) is 0 Å². The molecule has 16 nitrogen and oxygen atoms in total. The van der Waals surface area contributed by atoms with Gasteiger partial charge in [0.2, 0.25) is 0 Å². The monoisotopic (exact) mass is 833 g/mol. The molecule has 0 amide bonds. The molecular formula is C38H44BrNO15. The van der Waals surface area contributed by atoms with E-state index in [1.807, 2.05) is 91.0 Å². The molecule has 0 aromatic heterocycles. The molecule has 3 aromatic carbocycles. The number of ether oxygens (including phenoxy) is 4. The van der Waals surface area contributed by atoms with Gasteiger partial charge in [0.15, 0.2) is 12.2 Å². The van der Waals surface area contributed by atoms with Crippen molar-refractivity contribution in [1.82, 2.24) is 0 Å². The Morgan fingerprint density at radius 1 is 0.527 bits per heavy atom. The topological polar surface area (TPSA) is 263 Å². The van der Waals surface area contributed by atoms with Crippen molar-refractivity contribution >= 4 is 57.7 Å². The van der Waals surface area contributed by atoms with Crippen LogP contribution in [0.4, 0.5) is 0 Å². The predicted octanol–water partition coefficient (Wildman–Crippen LogP) is 3.78. The highest BCUT2D eigenvalue weighted by Crippen LogP contribution is 2.09. The number of nitrogens with two attached hydrogens (primary N) is 1. The summed E-state index contributed by atoms with van der Waals surface area (Å²) in [7, 11) is 0. The van der Waals surface area contributed by atoms with Crippen molar-refractivity contribution in [2.75, 3.05) is 5.33 Å².